The normalized spacial score (nSPS) is 12.5. The number of carbonyl (C=O) groups is 1. The lowest BCUT2D eigenvalue weighted by Gasteiger charge is -2.29. The van der Waals surface area contributed by atoms with E-state index in [0.29, 0.717) is 13.0 Å². The Kier molecular flexibility index (Phi) is 5.10. The average molecular weight is 235 g/mol. The maximum atomic E-state index is 12.1. The summed E-state index contributed by atoms with van der Waals surface area (Å²) in [5, 5.41) is 0. The molecule has 0 saturated heterocycles. The number of nitrogens with zero attached hydrogens (tertiary/aromatic N) is 2. The van der Waals surface area contributed by atoms with Gasteiger partial charge in [-0.15, -0.1) is 0 Å². The van der Waals surface area contributed by atoms with Crippen LogP contribution in [-0.2, 0) is 11.3 Å². The van der Waals surface area contributed by atoms with Gasteiger partial charge in [0.25, 0.3) is 0 Å². The molecule has 1 amide bonds. The van der Waals surface area contributed by atoms with Crippen molar-refractivity contribution in [1.82, 2.24) is 9.88 Å². The number of amides is 1. The van der Waals surface area contributed by atoms with E-state index in [0.717, 1.165) is 5.56 Å². The van der Waals surface area contributed by atoms with Crippen molar-refractivity contribution in [2.45, 2.75) is 45.8 Å². The number of rotatable bonds is 5. The maximum Gasteiger partial charge on any atom is 0.240 e. The van der Waals surface area contributed by atoms with E-state index in [9.17, 15) is 4.79 Å². The zero-order valence-corrected chi connectivity index (χ0v) is 10.8. The van der Waals surface area contributed by atoms with Gasteiger partial charge in [-0.2, -0.15) is 0 Å². The van der Waals surface area contributed by atoms with E-state index in [1.165, 1.54) is 0 Å². The summed E-state index contributed by atoms with van der Waals surface area (Å²) in [6.45, 7) is 6.48. The third-order valence-corrected chi connectivity index (χ3v) is 2.74. The summed E-state index contributed by atoms with van der Waals surface area (Å²) in [5.41, 5.74) is 6.83. The van der Waals surface area contributed by atoms with Crippen LogP contribution < -0.4 is 5.73 Å². The first-order valence-corrected chi connectivity index (χ1v) is 6.01. The average Bonchev–Trinajstić information content (AvgIpc) is 2.35. The molecular formula is C13H21N3O. The summed E-state index contributed by atoms with van der Waals surface area (Å²) >= 11 is 0. The lowest BCUT2D eigenvalue weighted by atomic mass is 10.1. The second-order valence-corrected chi connectivity index (χ2v) is 4.44. The van der Waals surface area contributed by atoms with Crippen molar-refractivity contribution < 1.29 is 4.79 Å². The maximum absolute atomic E-state index is 12.1. The molecule has 2 N–H and O–H groups in total. The highest BCUT2D eigenvalue weighted by Crippen LogP contribution is 2.09. The summed E-state index contributed by atoms with van der Waals surface area (Å²) in [7, 11) is 0. The van der Waals surface area contributed by atoms with Crippen LogP contribution in [0.2, 0.25) is 0 Å². The molecule has 1 aromatic heterocycles. The fourth-order valence-electron chi connectivity index (χ4n) is 1.59. The van der Waals surface area contributed by atoms with Gasteiger partial charge in [0.2, 0.25) is 5.91 Å². The molecule has 1 heterocycles. The van der Waals surface area contributed by atoms with Crippen molar-refractivity contribution in [3.8, 4) is 0 Å². The number of hydrogen-bond acceptors (Lipinski definition) is 3. The topological polar surface area (TPSA) is 59.2 Å². The van der Waals surface area contributed by atoms with E-state index < -0.39 is 6.04 Å². The summed E-state index contributed by atoms with van der Waals surface area (Å²) in [5.74, 6) is 0.00588. The van der Waals surface area contributed by atoms with Crippen molar-refractivity contribution in [3.63, 3.8) is 0 Å². The molecule has 0 fully saturated rings. The van der Waals surface area contributed by atoms with Crippen molar-refractivity contribution >= 4 is 5.91 Å². The predicted molar refractivity (Wildman–Crippen MR) is 68.2 cm³/mol. The van der Waals surface area contributed by atoms with Gasteiger partial charge in [0, 0.05) is 25.0 Å². The SMILES string of the molecule is CC[C@H](N)C(=O)N(Cc1cccnc1)C(C)C. The van der Waals surface area contributed by atoms with Crippen LogP contribution in [0.1, 0.15) is 32.8 Å². The molecule has 0 aliphatic rings. The molecule has 4 nitrogen and oxygen atoms in total. The fraction of sp³-hybridized carbons (Fsp3) is 0.538. The molecule has 0 bridgehead atoms. The van der Waals surface area contributed by atoms with Crippen LogP contribution in [0.5, 0.6) is 0 Å². The van der Waals surface area contributed by atoms with Gasteiger partial charge < -0.3 is 10.6 Å². The summed E-state index contributed by atoms with van der Waals surface area (Å²) in [4.78, 5) is 17.9. The monoisotopic (exact) mass is 235 g/mol. The second-order valence-electron chi connectivity index (χ2n) is 4.44. The Bertz CT molecular complexity index is 351. The molecule has 0 spiro atoms. The third-order valence-electron chi connectivity index (χ3n) is 2.74. The second kappa shape index (κ2) is 6.35. The van der Waals surface area contributed by atoms with Crippen LogP contribution in [0, 0.1) is 0 Å². The van der Waals surface area contributed by atoms with Crippen LogP contribution >= 0.6 is 0 Å². The van der Waals surface area contributed by atoms with Gasteiger partial charge in [-0.3, -0.25) is 9.78 Å². The Morgan fingerprint density at radius 1 is 1.53 bits per heavy atom. The minimum Gasteiger partial charge on any atom is -0.335 e. The lowest BCUT2D eigenvalue weighted by molar-refractivity contribution is -0.135. The number of carbonyl (C=O) groups excluding carboxylic acids is 1. The van der Waals surface area contributed by atoms with E-state index in [1.54, 1.807) is 17.3 Å². The van der Waals surface area contributed by atoms with Gasteiger partial charge in [-0.25, -0.2) is 0 Å². The highest BCUT2D eigenvalue weighted by atomic mass is 16.2. The molecular weight excluding hydrogens is 214 g/mol. The molecule has 1 rings (SSSR count). The molecule has 0 aliphatic heterocycles. The molecule has 0 saturated carbocycles. The molecule has 94 valence electrons. The van der Waals surface area contributed by atoms with Gasteiger partial charge in [-0.1, -0.05) is 13.0 Å². The van der Waals surface area contributed by atoms with Crippen molar-refractivity contribution in [3.05, 3.63) is 30.1 Å². The minimum atomic E-state index is -0.408. The Balaban J connectivity index is 2.77. The van der Waals surface area contributed by atoms with E-state index in [4.69, 9.17) is 5.73 Å². The van der Waals surface area contributed by atoms with E-state index >= 15 is 0 Å². The van der Waals surface area contributed by atoms with Crippen molar-refractivity contribution in [2.24, 2.45) is 5.73 Å². The van der Waals surface area contributed by atoms with Gasteiger partial charge in [0.15, 0.2) is 0 Å². The molecule has 17 heavy (non-hydrogen) atoms. The Hall–Kier alpha value is -1.42. The number of nitrogens with two attached hydrogens (primary N) is 1. The van der Waals surface area contributed by atoms with Gasteiger partial charge in [-0.05, 0) is 31.9 Å². The standard InChI is InChI=1S/C13H21N3O/c1-4-12(14)13(17)16(10(2)3)9-11-6-5-7-15-8-11/h5-8,10,12H,4,9,14H2,1-3H3/t12-/m0/s1. The number of aromatic nitrogens is 1. The molecule has 4 heteroatoms. The van der Waals surface area contributed by atoms with Crippen LogP contribution in [0.25, 0.3) is 0 Å². The number of hydrogen-bond donors (Lipinski definition) is 1. The van der Waals surface area contributed by atoms with Crippen molar-refractivity contribution in [1.29, 1.82) is 0 Å². The smallest absolute Gasteiger partial charge is 0.240 e. The van der Waals surface area contributed by atoms with E-state index in [1.807, 2.05) is 32.9 Å². The first kappa shape index (κ1) is 13.6. The fourth-order valence-corrected chi connectivity index (χ4v) is 1.59. The summed E-state index contributed by atoms with van der Waals surface area (Å²) in [6.07, 6.45) is 4.16. The van der Waals surface area contributed by atoms with Gasteiger partial charge in [0.1, 0.15) is 0 Å². The van der Waals surface area contributed by atoms with Crippen LogP contribution in [0.15, 0.2) is 24.5 Å². The Morgan fingerprint density at radius 3 is 2.71 bits per heavy atom. The number of pyridine rings is 1. The quantitative estimate of drug-likeness (QED) is 0.842. The zero-order chi connectivity index (χ0) is 12.8. The Morgan fingerprint density at radius 2 is 2.24 bits per heavy atom. The molecule has 0 radical (unpaired) electrons. The summed E-state index contributed by atoms with van der Waals surface area (Å²) < 4.78 is 0. The van der Waals surface area contributed by atoms with Crippen LogP contribution in [0.4, 0.5) is 0 Å². The highest BCUT2D eigenvalue weighted by molar-refractivity contribution is 5.81. The van der Waals surface area contributed by atoms with E-state index in [-0.39, 0.29) is 11.9 Å². The first-order chi connectivity index (χ1) is 8.06. The molecule has 0 aromatic carbocycles. The third kappa shape index (κ3) is 3.82. The van der Waals surface area contributed by atoms with E-state index in [2.05, 4.69) is 4.98 Å². The highest BCUT2D eigenvalue weighted by Gasteiger charge is 2.22. The molecule has 0 unspecified atom stereocenters. The first-order valence-electron chi connectivity index (χ1n) is 6.01. The van der Waals surface area contributed by atoms with Gasteiger partial charge in [0.05, 0.1) is 6.04 Å². The zero-order valence-electron chi connectivity index (χ0n) is 10.8. The van der Waals surface area contributed by atoms with Crippen molar-refractivity contribution in [2.75, 3.05) is 0 Å². The largest absolute Gasteiger partial charge is 0.335 e. The van der Waals surface area contributed by atoms with Gasteiger partial charge >= 0.3 is 0 Å². The molecule has 0 aliphatic carbocycles. The van der Waals surface area contributed by atoms with Crippen LogP contribution in [0.3, 0.4) is 0 Å². The minimum absolute atomic E-state index is 0.00588. The molecule has 1 atom stereocenters. The van der Waals surface area contributed by atoms with Crippen LogP contribution in [-0.4, -0.2) is 27.9 Å². The predicted octanol–water partition coefficient (Wildman–Crippen LogP) is 1.56. The lowest BCUT2D eigenvalue weighted by Crippen LogP contribution is -2.46. The molecule has 1 aromatic rings. The summed E-state index contributed by atoms with van der Waals surface area (Å²) in [6, 6.07) is 3.57. The Labute approximate surface area is 103 Å².